The summed E-state index contributed by atoms with van der Waals surface area (Å²) in [7, 11) is 0. The number of aliphatic hydroxyl groups excluding tert-OH is 2. The molecule has 1 aromatic carbocycles. The molecular weight excluding hydrogens is 554 g/mol. The van der Waals surface area contributed by atoms with Gasteiger partial charge in [0.05, 0.1) is 18.0 Å². The van der Waals surface area contributed by atoms with Crippen molar-refractivity contribution < 1.29 is 34.7 Å². The Morgan fingerprint density at radius 1 is 0.933 bits per heavy atom. The van der Waals surface area contributed by atoms with E-state index in [2.05, 4.69) is 38.7 Å². The van der Waals surface area contributed by atoms with Crippen molar-refractivity contribution in [2.24, 2.45) is 22.7 Å². The Kier molecular flexibility index (Phi) is 6.60. The third-order valence-corrected chi connectivity index (χ3v) is 6.70. The van der Waals surface area contributed by atoms with E-state index >= 15 is 0 Å². The van der Waals surface area contributed by atoms with Gasteiger partial charge in [-0.1, -0.05) is 58.0 Å². The van der Waals surface area contributed by atoms with Gasteiger partial charge in [-0.2, -0.15) is 0 Å². The number of nitrogens with zero attached hydrogens (tertiary/aromatic N) is 1. The van der Waals surface area contributed by atoms with E-state index in [9.17, 15) is 10.2 Å². The van der Waals surface area contributed by atoms with Crippen molar-refractivity contribution in [3.8, 4) is 11.5 Å². The van der Waals surface area contributed by atoms with Crippen LogP contribution in [0.1, 0.15) is 40.5 Å². The predicted octanol–water partition coefficient (Wildman–Crippen LogP) is 5.09. The molecule has 2 heterocycles. The van der Waals surface area contributed by atoms with Gasteiger partial charge in [-0.3, -0.25) is 0 Å². The van der Waals surface area contributed by atoms with Gasteiger partial charge in [0, 0.05) is 43.5 Å². The molecule has 2 aliphatic rings. The molecule has 163 valence electrons. The number of aliphatic hydroxyl groups is 2. The van der Waals surface area contributed by atoms with Crippen LogP contribution in [-0.4, -0.2) is 27.4 Å². The molecule has 5 heteroatoms. The van der Waals surface area contributed by atoms with Crippen LogP contribution >= 0.6 is 0 Å². The second-order valence-corrected chi connectivity index (χ2v) is 9.88. The van der Waals surface area contributed by atoms with E-state index in [1.165, 1.54) is 0 Å². The van der Waals surface area contributed by atoms with Gasteiger partial charge in [0.15, 0.2) is 0 Å². The number of para-hydroxylation sites is 1. The molecule has 0 aliphatic heterocycles. The van der Waals surface area contributed by atoms with Crippen molar-refractivity contribution >= 4 is 11.0 Å². The van der Waals surface area contributed by atoms with Crippen LogP contribution in [0.5, 0.6) is 0 Å². The Balaban J connectivity index is 0.000000166. The zero-order chi connectivity index (χ0) is 20.8. The van der Waals surface area contributed by atoms with E-state index in [0.29, 0.717) is 11.7 Å². The Bertz CT molecular complexity index is 925. The summed E-state index contributed by atoms with van der Waals surface area (Å²) >= 11 is 0. The van der Waals surface area contributed by atoms with Crippen LogP contribution in [0.3, 0.4) is 0 Å². The van der Waals surface area contributed by atoms with E-state index in [1.54, 1.807) is 6.20 Å². The van der Waals surface area contributed by atoms with Gasteiger partial charge in [0.25, 0.3) is 0 Å². The predicted molar refractivity (Wildman–Crippen MR) is 114 cm³/mol. The van der Waals surface area contributed by atoms with Crippen molar-refractivity contribution in [2.75, 3.05) is 0 Å². The summed E-state index contributed by atoms with van der Waals surface area (Å²) in [5, 5.41) is 21.3. The molecule has 4 nitrogen and oxygen atoms in total. The monoisotopic (exact) mass is 585 g/mol. The van der Waals surface area contributed by atoms with E-state index in [1.807, 2.05) is 42.5 Å². The van der Waals surface area contributed by atoms with E-state index in [-0.39, 0.29) is 49.1 Å². The van der Waals surface area contributed by atoms with Gasteiger partial charge in [-0.05, 0) is 35.7 Å². The first kappa shape index (κ1) is 23.1. The fourth-order valence-corrected chi connectivity index (χ4v) is 5.20. The largest absolute Gasteiger partial charge is 0.518 e. The summed E-state index contributed by atoms with van der Waals surface area (Å²) in [6.45, 7) is 8.43. The fraction of sp³-hybridized carbons (Fsp3) is 0.480. The molecule has 3 aromatic rings. The third-order valence-electron chi connectivity index (χ3n) is 6.70. The molecule has 0 amide bonds. The molecule has 2 fully saturated rings. The molecule has 0 saturated heterocycles. The average Bonchev–Trinajstić information content (AvgIpc) is 3.27. The first-order valence-corrected chi connectivity index (χ1v) is 10.4. The second-order valence-electron chi connectivity index (χ2n) is 9.88. The average molecular weight is 585 g/mol. The Labute approximate surface area is 192 Å². The molecule has 2 aliphatic carbocycles. The number of benzene rings is 1. The van der Waals surface area contributed by atoms with Crippen LogP contribution in [-0.2, 0) is 20.1 Å². The number of rotatable bonds is 1. The van der Waals surface area contributed by atoms with Crippen LogP contribution in [0.2, 0.25) is 0 Å². The third kappa shape index (κ3) is 4.27. The zero-order valence-electron chi connectivity index (χ0n) is 17.9. The summed E-state index contributed by atoms with van der Waals surface area (Å²) in [6.07, 6.45) is 3.20. The minimum atomic E-state index is -0.329. The van der Waals surface area contributed by atoms with Crippen molar-refractivity contribution in [1.29, 1.82) is 0 Å². The van der Waals surface area contributed by atoms with Crippen LogP contribution < -0.4 is 0 Å². The Morgan fingerprint density at radius 3 is 2.07 bits per heavy atom. The molecule has 2 saturated carbocycles. The molecule has 30 heavy (non-hydrogen) atoms. The van der Waals surface area contributed by atoms with Gasteiger partial charge in [0.2, 0.25) is 0 Å². The van der Waals surface area contributed by atoms with Crippen molar-refractivity contribution in [2.45, 2.75) is 52.7 Å². The first-order chi connectivity index (χ1) is 13.7. The van der Waals surface area contributed by atoms with E-state index in [4.69, 9.17) is 4.42 Å². The summed E-state index contributed by atoms with van der Waals surface area (Å²) < 4.78 is 5.64. The maximum atomic E-state index is 10.2. The Hall–Kier alpha value is -1.52. The number of fused-ring (bicyclic) bond motifs is 2. The molecule has 2 atom stereocenters. The van der Waals surface area contributed by atoms with Crippen molar-refractivity contribution in [3.63, 3.8) is 0 Å². The van der Waals surface area contributed by atoms with Crippen LogP contribution in [0.15, 0.2) is 53.1 Å². The van der Waals surface area contributed by atoms with E-state index in [0.717, 1.165) is 29.5 Å². The fourth-order valence-electron chi connectivity index (χ4n) is 5.20. The maximum absolute atomic E-state index is 10.2. The Morgan fingerprint density at radius 2 is 1.53 bits per heavy atom. The molecule has 2 N–H and O–H groups in total. The minimum Gasteiger partial charge on any atom is -0.518 e. The number of furan rings is 1. The van der Waals surface area contributed by atoms with Gasteiger partial charge < -0.3 is 19.6 Å². The van der Waals surface area contributed by atoms with Gasteiger partial charge in [0.1, 0.15) is 0 Å². The van der Waals surface area contributed by atoms with Crippen LogP contribution in [0.4, 0.5) is 0 Å². The summed E-state index contributed by atoms with van der Waals surface area (Å²) in [5.74, 6) is 1.32. The smallest absolute Gasteiger partial charge is 0.0646 e. The zero-order valence-corrected chi connectivity index (χ0v) is 20.3. The minimum absolute atomic E-state index is 0. The van der Waals surface area contributed by atoms with E-state index < -0.39 is 0 Å². The quantitative estimate of drug-likeness (QED) is 0.391. The molecule has 2 aromatic heterocycles. The number of pyridine rings is 1. The summed E-state index contributed by atoms with van der Waals surface area (Å²) in [5.41, 5.74) is 1.64. The second kappa shape index (κ2) is 8.55. The van der Waals surface area contributed by atoms with Crippen LogP contribution in [0, 0.1) is 28.7 Å². The molecule has 5 rings (SSSR count). The maximum Gasteiger partial charge on any atom is 0.0646 e. The normalized spacial score (nSPS) is 28.3. The SMILES string of the molecule is CC1(C)CC2CC(C)(C)C(O)C2C1O.[Ir].[c-]1c(-c2ccccn2)oc2ccccc12. The molecule has 1 radical (unpaired) electrons. The van der Waals surface area contributed by atoms with Crippen molar-refractivity contribution in [1.82, 2.24) is 4.98 Å². The van der Waals surface area contributed by atoms with Gasteiger partial charge >= 0.3 is 0 Å². The molecule has 2 unspecified atom stereocenters. The number of hydrogen-bond donors (Lipinski definition) is 2. The standard InChI is InChI=1S/C13H8NO.C12H22O2.Ir/c1-2-7-12-10(5-1)9-13(15-12)11-6-3-4-8-14-11;1-11(2)5-7-6-12(3,4)10(14)8(7)9(11)13;/h1-8H;7-10,13-14H,5-6H2,1-4H3;/q-1;;. The summed E-state index contributed by atoms with van der Waals surface area (Å²) in [4.78, 5) is 4.22. The van der Waals surface area contributed by atoms with Crippen LogP contribution in [0.25, 0.3) is 22.4 Å². The van der Waals surface area contributed by atoms with Gasteiger partial charge in [-0.25, -0.2) is 0 Å². The van der Waals surface area contributed by atoms with Gasteiger partial charge in [-0.15, -0.1) is 17.5 Å². The molecule has 0 bridgehead atoms. The molecule has 0 spiro atoms. The topological polar surface area (TPSA) is 66.5 Å². The molecular formula is C25H30IrNO3-. The first-order valence-electron chi connectivity index (χ1n) is 10.4. The van der Waals surface area contributed by atoms with Crippen molar-refractivity contribution in [3.05, 3.63) is 54.7 Å². The number of hydrogen-bond acceptors (Lipinski definition) is 4. The summed E-state index contributed by atoms with van der Waals surface area (Å²) in [6, 6.07) is 16.7. The number of aromatic nitrogens is 1.